The fourth-order valence-corrected chi connectivity index (χ4v) is 2.91. The third-order valence-electron chi connectivity index (χ3n) is 2.98. The van der Waals surface area contributed by atoms with E-state index in [1.807, 2.05) is 0 Å². The van der Waals surface area contributed by atoms with Gasteiger partial charge < -0.3 is 30.9 Å². The highest BCUT2D eigenvalue weighted by Gasteiger charge is 2.43. The van der Waals surface area contributed by atoms with E-state index in [0.717, 1.165) is 4.90 Å². The minimum atomic E-state index is -1.35. The van der Waals surface area contributed by atoms with Gasteiger partial charge in [0.05, 0.1) is 6.61 Å². The third-order valence-corrected chi connectivity index (χ3v) is 4.15. The Balaban J connectivity index is 2.08. The number of hydrogen-bond donors (Lipinski definition) is 5. The zero-order valence-corrected chi connectivity index (χ0v) is 10.9. The second-order valence-corrected chi connectivity index (χ2v) is 5.56. The predicted molar refractivity (Wildman–Crippen MR) is 70.5 cm³/mol. The molecule has 106 valence electrons. The Morgan fingerprint density at radius 1 is 1.05 bits per heavy atom. The van der Waals surface area contributed by atoms with Crippen LogP contribution in [0.1, 0.15) is 0 Å². The Morgan fingerprint density at radius 2 is 1.68 bits per heavy atom. The van der Waals surface area contributed by atoms with Crippen molar-refractivity contribution < 1.29 is 25.2 Å². The molecule has 1 heterocycles. The summed E-state index contributed by atoms with van der Waals surface area (Å²) in [6.07, 6.45) is -4.80. The lowest BCUT2D eigenvalue weighted by atomic mass is 10.0. The Kier molecular flexibility index (Phi) is 4.67. The van der Waals surface area contributed by atoms with E-state index >= 15 is 0 Å². The lowest BCUT2D eigenvalue weighted by Gasteiger charge is -2.39. The van der Waals surface area contributed by atoms with Crippen molar-refractivity contribution in [2.24, 2.45) is 0 Å². The Bertz CT molecular complexity index is 413. The first kappa shape index (κ1) is 14.6. The number of nitrogens with two attached hydrogens (primary N) is 1. The zero-order chi connectivity index (χ0) is 14.0. The SMILES string of the molecule is Nc1ccc(SC2O[C@H](CO)[C@H](O)[C@H](O)[C@H]2O)cc1. The smallest absolute Gasteiger partial charge is 0.136 e. The van der Waals surface area contributed by atoms with Crippen molar-refractivity contribution in [1.29, 1.82) is 0 Å². The van der Waals surface area contributed by atoms with Gasteiger partial charge in [-0.25, -0.2) is 0 Å². The maximum atomic E-state index is 9.87. The highest BCUT2D eigenvalue weighted by Crippen LogP contribution is 2.33. The standard InChI is InChI=1S/C12H17NO5S/c13-6-1-3-7(4-2-6)19-12-11(17)10(16)9(15)8(5-14)18-12/h1-4,8-12,14-17H,5,13H2/t8-,9+,10+,11-,12?/m1/s1. The first-order chi connectivity index (χ1) is 9.02. The van der Waals surface area contributed by atoms with Gasteiger partial charge in [-0.3, -0.25) is 0 Å². The van der Waals surface area contributed by atoms with Gasteiger partial charge in [0.25, 0.3) is 0 Å². The van der Waals surface area contributed by atoms with Gasteiger partial charge in [0.15, 0.2) is 0 Å². The van der Waals surface area contributed by atoms with E-state index in [2.05, 4.69) is 0 Å². The van der Waals surface area contributed by atoms with Crippen LogP contribution in [-0.2, 0) is 4.74 Å². The van der Waals surface area contributed by atoms with E-state index in [4.69, 9.17) is 15.6 Å². The monoisotopic (exact) mass is 287 g/mol. The maximum absolute atomic E-state index is 9.87. The van der Waals surface area contributed by atoms with E-state index in [9.17, 15) is 15.3 Å². The molecule has 0 amide bonds. The summed E-state index contributed by atoms with van der Waals surface area (Å²) in [5.74, 6) is 0. The van der Waals surface area contributed by atoms with Crippen LogP contribution in [0.25, 0.3) is 0 Å². The van der Waals surface area contributed by atoms with E-state index < -0.39 is 36.5 Å². The first-order valence-electron chi connectivity index (χ1n) is 5.85. The molecule has 1 aliphatic rings. The average Bonchev–Trinajstić information content (AvgIpc) is 2.42. The van der Waals surface area contributed by atoms with Crippen LogP contribution in [0.15, 0.2) is 29.2 Å². The largest absolute Gasteiger partial charge is 0.399 e. The second kappa shape index (κ2) is 6.08. The lowest BCUT2D eigenvalue weighted by molar-refractivity contribution is -0.205. The van der Waals surface area contributed by atoms with Crippen molar-refractivity contribution >= 4 is 17.4 Å². The van der Waals surface area contributed by atoms with Crippen molar-refractivity contribution in [3.63, 3.8) is 0 Å². The molecule has 7 heteroatoms. The molecule has 2 rings (SSSR count). The fraction of sp³-hybridized carbons (Fsp3) is 0.500. The van der Waals surface area contributed by atoms with Crippen LogP contribution in [0.2, 0.25) is 0 Å². The minimum absolute atomic E-state index is 0.427. The van der Waals surface area contributed by atoms with Crippen LogP contribution < -0.4 is 5.73 Å². The fourth-order valence-electron chi connectivity index (χ4n) is 1.85. The van der Waals surface area contributed by atoms with Gasteiger partial charge >= 0.3 is 0 Å². The molecule has 6 N–H and O–H groups in total. The van der Waals surface area contributed by atoms with E-state index in [0.29, 0.717) is 5.69 Å². The van der Waals surface area contributed by atoms with Crippen LogP contribution in [0, 0.1) is 0 Å². The van der Waals surface area contributed by atoms with Crippen LogP contribution >= 0.6 is 11.8 Å². The quantitative estimate of drug-likeness (QED) is 0.460. The molecule has 1 fully saturated rings. The molecule has 1 aliphatic heterocycles. The van der Waals surface area contributed by atoms with E-state index in [1.165, 1.54) is 11.8 Å². The van der Waals surface area contributed by atoms with Gasteiger partial charge in [-0.1, -0.05) is 11.8 Å². The molecule has 5 atom stereocenters. The Morgan fingerprint density at radius 3 is 2.26 bits per heavy atom. The lowest BCUT2D eigenvalue weighted by Crippen LogP contribution is -2.57. The summed E-state index contributed by atoms with van der Waals surface area (Å²) in [4.78, 5) is 0.804. The van der Waals surface area contributed by atoms with E-state index in [-0.39, 0.29) is 0 Å². The normalized spacial score (nSPS) is 35.3. The van der Waals surface area contributed by atoms with Gasteiger partial charge in [0.1, 0.15) is 29.9 Å². The van der Waals surface area contributed by atoms with Crippen molar-refractivity contribution in [2.75, 3.05) is 12.3 Å². The summed E-state index contributed by atoms with van der Waals surface area (Å²) in [6, 6.07) is 6.96. The molecule has 1 unspecified atom stereocenters. The van der Waals surface area contributed by atoms with Gasteiger partial charge in [0, 0.05) is 10.6 Å². The molecule has 0 saturated carbocycles. The number of anilines is 1. The maximum Gasteiger partial charge on any atom is 0.136 e. The second-order valence-electron chi connectivity index (χ2n) is 4.38. The third kappa shape index (κ3) is 3.19. The molecule has 0 aliphatic carbocycles. The molecule has 19 heavy (non-hydrogen) atoms. The highest BCUT2D eigenvalue weighted by atomic mass is 32.2. The number of rotatable bonds is 3. The topological polar surface area (TPSA) is 116 Å². The molecule has 6 nitrogen and oxygen atoms in total. The van der Waals surface area contributed by atoms with Gasteiger partial charge in [-0.2, -0.15) is 0 Å². The molecule has 0 bridgehead atoms. The summed E-state index contributed by atoms with van der Waals surface area (Å²) in [5.41, 5.74) is 5.43. The molecular formula is C12H17NO5S. The van der Waals surface area contributed by atoms with E-state index in [1.54, 1.807) is 24.3 Å². The predicted octanol–water partition coefficient (Wildman–Crippen LogP) is -0.839. The molecule has 1 aromatic rings. The summed E-state index contributed by atoms with van der Waals surface area (Å²) in [7, 11) is 0. The van der Waals surface area contributed by atoms with Crippen molar-refractivity contribution in [3.8, 4) is 0 Å². The van der Waals surface area contributed by atoms with Gasteiger partial charge in [-0.05, 0) is 24.3 Å². The van der Waals surface area contributed by atoms with Crippen LogP contribution in [-0.4, -0.2) is 56.9 Å². The zero-order valence-electron chi connectivity index (χ0n) is 10.1. The molecule has 0 radical (unpaired) electrons. The number of hydrogen-bond acceptors (Lipinski definition) is 7. The van der Waals surface area contributed by atoms with Gasteiger partial charge in [-0.15, -0.1) is 0 Å². The number of aliphatic hydroxyl groups is 4. The van der Waals surface area contributed by atoms with Crippen molar-refractivity contribution in [2.45, 2.75) is 34.7 Å². The molecule has 1 saturated heterocycles. The Labute approximate surface area is 114 Å². The van der Waals surface area contributed by atoms with Crippen LogP contribution in [0.4, 0.5) is 5.69 Å². The molecule has 0 aromatic heterocycles. The summed E-state index contributed by atoms with van der Waals surface area (Å²) >= 11 is 1.20. The van der Waals surface area contributed by atoms with Crippen molar-refractivity contribution in [3.05, 3.63) is 24.3 Å². The number of thioether (sulfide) groups is 1. The highest BCUT2D eigenvalue weighted by molar-refractivity contribution is 7.99. The first-order valence-corrected chi connectivity index (χ1v) is 6.73. The number of nitrogen functional groups attached to an aromatic ring is 1. The van der Waals surface area contributed by atoms with Crippen LogP contribution in [0.5, 0.6) is 0 Å². The van der Waals surface area contributed by atoms with Crippen LogP contribution in [0.3, 0.4) is 0 Å². The number of ether oxygens (including phenoxy) is 1. The van der Waals surface area contributed by atoms with Gasteiger partial charge in [0.2, 0.25) is 0 Å². The van der Waals surface area contributed by atoms with Crippen molar-refractivity contribution in [1.82, 2.24) is 0 Å². The number of benzene rings is 1. The summed E-state index contributed by atoms with van der Waals surface area (Å²) in [5, 5.41) is 38.3. The summed E-state index contributed by atoms with van der Waals surface area (Å²) in [6.45, 7) is -0.427. The average molecular weight is 287 g/mol. The molecule has 1 aromatic carbocycles. The summed E-state index contributed by atoms with van der Waals surface area (Å²) < 4.78 is 5.39. The number of aliphatic hydroxyl groups excluding tert-OH is 4. The minimum Gasteiger partial charge on any atom is -0.399 e. The molecular weight excluding hydrogens is 270 g/mol. The Hall–Kier alpha value is -0.830. The molecule has 0 spiro atoms.